The van der Waals surface area contributed by atoms with Gasteiger partial charge in [0, 0.05) is 13.1 Å². The van der Waals surface area contributed by atoms with Crippen LogP contribution in [-0.4, -0.2) is 53.0 Å². The Bertz CT molecular complexity index is 188. The second-order valence-electron chi connectivity index (χ2n) is 2.62. The molecule has 0 aromatic heterocycles. The molecule has 0 rings (SSSR count). The summed E-state index contributed by atoms with van der Waals surface area (Å²) in [5.41, 5.74) is 9.84. The van der Waals surface area contributed by atoms with Crippen molar-refractivity contribution < 1.29 is 27.7 Å². The Morgan fingerprint density at radius 2 is 1.07 bits per heavy atom. The first-order valence-corrected chi connectivity index (χ1v) is 5.40. The highest BCUT2D eigenvalue weighted by molar-refractivity contribution is 7.79. The third kappa shape index (κ3) is 137. The predicted molar refractivity (Wildman–Crippen MR) is 55.6 cm³/mol. The quantitative estimate of drug-likeness (QED) is 0.305. The fourth-order valence-corrected chi connectivity index (χ4v) is 0. The second-order valence-corrected chi connectivity index (χ2v) is 3.51. The van der Waals surface area contributed by atoms with Crippen LogP contribution < -0.4 is 11.5 Å². The van der Waals surface area contributed by atoms with Crippen molar-refractivity contribution in [1.29, 1.82) is 0 Å². The second kappa shape index (κ2) is 11.8. The summed E-state index contributed by atoms with van der Waals surface area (Å²) < 4.78 is 31.6. The summed E-state index contributed by atoms with van der Waals surface area (Å²) in [6.45, 7) is 4.03. The summed E-state index contributed by atoms with van der Waals surface area (Å²) in [5.74, 6) is 0. The van der Waals surface area contributed by atoms with E-state index in [0.29, 0.717) is 13.1 Å². The smallest absolute Gasteiger partial charge is 0.392 e. The maximum Gasteiger partial charge on any atom is 0.394 e. The van der Waals surface area contributed by atoms with E-state index in [0.717, 1.165) is 0 Å². The summed E-state index contributed by atoms with van der Waals surface area (Å²) in [5, 5.41) is 16.5. The van der Waals surface area contributed by atoms with Gasteiger partial charge in [-0.05, 0) is 13.8 Å². The lowest BCUT2D eigenvalue weighted by Gasteiger charge is -1.91. The standard InChI is InChI=1S/2C3H9NO.H2O4S/c2*1-3(5)2-4;1-5(2,3)4/h2*3,5H,2,4H2,1H3;(H2,1,2,3,4). The molecule has 8 nitrogen and oxygen atoms in total. The van der Waals surface area contributed by atoms with E-state index in [-0.39, 0.29) is 12.2 Å². The minimum atomic E-state index is -4.67. The minimum Gasteiger partial charge on any atom is -0.392 e. The van der Waals surface area contributed by atoms with Gasteiger partial charge >= 0.3 is 10.4 Å². The fourth-order valence-electron chi connectivity index (χ4n) is 0. The van der Waals surface area contributed by atoms with Crippen LogP contribution in [0.1, 0.15) is 13.8 Å². The van der Waals surface area contributed by atoms with Crippen LogP contribution in [0, 0.1) is 0 Å². The maximum absolute atomic E-state index is 8.74. The van der Waals surface area contributed by atoms with Crippen LogP contribution in [0.2, 0.25) is 0 Å². The summed E-state index contributed by atoms with van der Waals surface area (Å²) in [6, 6.07) is 0. The van der Waals surface area contributed by atoms with Crippen LogP contribution in [0.5, 0.6) is 0 Å². The zero-order chi connectivity index (χ0) is 13.1. The number of aliphatic hydroxyl groups excluding tert-OH is 2. The average molecular weight is 248 g/mol. The molecule has 0 aromatic carbocycles. The highest BCUT2D eigenvalue weighted by Gasteiger charge is 1.84. The molecule has 2 atom stereocenters. The van der Waals surface area contributed by atoms with E-state index >= 15 is 0 Å². The van der Waals surface area contributed by atoms with E-state index in [1.165, 1.54) is 0 Å². The third-order valence-electron chi connectivity index (χ3n) is 0.682. The van der Waals surface area contributed by atoms with Gasteiger partial charge in [-0.3, -0.25) is 9.11 Å². The fraction of sp³-hybridized carbons (Fsp3) is 1.00. The zero-order valence-electron chi connectivity index (χ0n) is 8.74. The monoisotopic (exact) mass is 248 g/mol. The summed E-state index contributed by atoms with van der Waals surface area (Å²) in [7, 11) is -4.67. The first-order valence-electron chi connectivity index (χ1n) is 4.00. The van der Waals surface area contributed by atoms with Gasteiger partial charge in [0.25, 0.3) is 0 Å². The highest BCUT2D eigenvalue weighted by Crippen LogP contribution is 1.66. The van der Waals surface area contributed by atoms with Crippen molar-refractivity contribution in [2.24, 2.45) is 11.5 Å². The molecule has 0 spiro atoms. The van der Waals surface area contributed by atoms with E-state index in [1.54, 1.807) is 13.8 Å². The lowest BCUT2D eigenvalue weighted by atomic mass is 10.4. The van der Waals surface area contributed by atoms with Gasteiger partial charge in [0.05, 0.1) is 12.2 Å². The number of hydrogen-bond donors (Lipinski definition) is 6. The van der Waals surface area contributed by atoms with Crippen molar-refractivity contribution >= 4 is 10.4 Å². The average Bonchev–Trinajstić information content (AvgIpc) is 2.02. The summed E-state index contributed by atoms with van der Waals surface area (Å²) in [4.78, 5) is 0. The van der Waals surface area contributed by atoms with E-state index in [2.05, 4.69) is 0 Å². The predicted octanol–water partition coefficient (Wildman–Crippen LogP) is -2.00. The molecule has 9 heteroatoms. The SMILES string of the molecule is CC(O)CN.CC(O)CN.O=S(=O)(O)O. The molecule has 2 unspecified atom stereocenters. The molecular formula is C6H20N2O6S. The van der Waals surface area contributed by atoms with Crippen molar-refractivity contribution in [3.05, 3.63) is 0 Å². The van der Waals surface area contributed by atoms with Crippen LogP contribution in [0.4, 0.5) is 0 Å². The number of rotatable bonds is 2. The number of nitrogens with two attached hydrogens (primary N) is 2. The maximum atomic E-state index is 8.74. The van der Waals surface area contributed by atoms with Gasteiger partial charge in [0.15, 0.2) is 0 Å². The number of aliphatic hydroxyl groups is 2. The first-order chi connectivity index (χ1) is 6.54. The van der Waals surface area contributed by atoms with Gasteiger partial charge in [0.2, 0.25) is 0 Å². The Hall–Kier alpha value is -0.290. The largest absolute Gasteiger partial charge is 0.394 e. The Kier molecular flexibility index (Phi) is 15.8. The van der Waals surface area contributed by atoms with Gasteiger partial charge in [-0.25, -0.2) is 0 Å². The molecule has 0 bridgehead atoms. The van der Waals surface area contributed by atoms with E-state index in [9.17, 15) is 0 Å². The van der Waals surface area contributed by atoms with E-state index in [1.807, 2.05) is 0 Å². The molecule has 0 saturated carbocycles. The molecule has 96 valence electrons. The van der Waals surface area contributed by atoms with Gasteiger partial charge < -0.3 is 21.7 Å². The first kappa shape index (κ1) is 20.2. The Morgan fingerprint density at radius 1 is 1.00 bits per heavy atom. The Balaban J connectivity index is -0.000000144. The molecule has 0 aliphatic rings. The van der Waals surface area contributed by atoms with E-state index < -0.39 is 10.4 Å². The molecule has 8 N–H and O–H groups in total. The Morgan fingerprint density at radius 3 is 1.07 bits per heavy atom. The topological polar surface area (TPSA) is 167 Å². The van der Waals surface area contributed by atoms with Crippen LogP contribution >= 0.6 is 0 Å². The van der Waals surface area contributed by atoms with Gasteiger partial charge in [0.1, 0.15) is 0 Å². The lowest BCUT2D eigenvalue weighted by molar-refractivity contribution is 0.203. The zero-order valence-corrected chi connectivity index (χ0v) is 9.55. The van der Waals surface area contributed by atoms with Gasteiger partial charge in [-0.2, -0.15) is 8.42 Å². The van der Waals surface area contributed by atoms with Crippen LogP contribution in [0.25, 0.3) is 0 Å². The molecular weight excluding hydrogens is 228 g/mol. The number of hydrogen-bond acceptors (Lipinski definition) is 6. The van der Waals surface area contributed by atoms with Crippen LogP contribution in [0.3, 0.4) is 0 Å². The summed E-state index contributed by atoms with van der Waals surface area (Å²) in [6.07, 6.45) is -0.676. The molecule has 0 aromatic rings. The molecule has 0 fully saturated rings. The molecule has 0 amide bonds. The summed E-state index contributed by atoms with van der Waals surface area (Å²) >= 11 is 0. The molecule has 15 heavy (non-hydrogen) atoms. The molecule has 0 aliphatic carbocycles. The normalized spacial score (nSPS) is 13.9. The van der Waals surface area contributed by atoms with Crippen LogP contribution in [-0.2, 0) is 10.4 Å². The minimum absolute atomic E-state index is 0.338. The van der Waals surface area contributed by atoms with Crippen LogP contribution in [0.15, 0.2) is 0 Å². The van der Waals surface area contributed by atoms with Crippen molar-refractivity contribution in [3.63, 3.8) is 0 Å². The van der Waals surface area contributed by atoms with Crippen molar-refractivity contribution in [2.45, 2.75) is 26.1 Å². The van der Waals surface area contributed by atoms with Crippen molar-refractivity contribution in [2.75, 3.05) is 13.1 Å². The third-order valence-corrected chi connectivity index (χ3v) is 0.682. The molecule has 0 saturated heterocycles. The van der Waals surface area contributed by atoms with Gasteiger partial charge in [-0.15, -0.1) is 0 Å². The van der Waals surface area contributed by atoms with Crippen molar-refractivity contribution in [1.82, 2.24) is 0 Å². The molecule has 0 radical (unpaired) electrons. The van der Waals surface area contributed by atoms with Crippen molar-refractivity contribution in [3.8, 4) is 0 Å². The Labute approximate surface area is 89.5 Å². The molecule has 0 heterocycles. The molecule has 0 aliphatic heterocycles. The lowest BCUT2D eigenvalue weighted by Crippen LogP contribution is -2.14. The highest BCUT2D eigenvalue weighted by atomic mass is 32.3. The van der Waals surface area contributed by atoms with Gasteiger partial charge in [-0.1, -0.05) is 0 Å². The van der Waals surface area contributed by atoms with E-state index in [4.69, 9.17) is 39.2 Å².